The van der Waals surface area contributed by atoms with Crippen LogP contribution in [0.5, 0.6) is 0 Å². The minimum absolute atomic E-state index is 0.0213. The Bertz CT molecular complexity index is 964. The van der Waals surface area contributed by atoms with E-state index in [0.717, 1.165) is 13.0 Å². The van der Waals surface area contributed by atoms with Crippen molar-refractivity contribution in [3.05, 3.63) is 34.6 Å². The fraction of sp³-hybridized carbons (Fsp3) is 0.524. The van der Waals surface area contributed by atoms with Crippen LogP contribution in [0.2, 0.25) is 0 Å². The lowest BCUT2D eigenvalue weighted by molar-refractivity contribution is -0.858. The lowest BCUT2D eigenvalue weighted by Gasteiger charge is -2.27. The van der Waals surface area contributed by atoms with Crippen LogP contribution in [0.4, 0.5) is 0 Å². The highest BCUT2D eigenvalue weighted by molar-refractivity contribution is 7.99. The summed E-state index contributed by atoms with van der Waals surface area (Å²) in [6.45, 7) is 6.98. The van der Waals surface area contributed by atoms with E-state index in [1.165, 1.54) is 16.7 Å². The molecule has 0 saturated carbocycles. The third-order valence-electron chi connectivity index (χ3n) is 5.00. The molecule has 1 atom stereocenters. The molecule has 156 valence electrons. The second-order valence-corrected chi connectivity index (χ2v) is 8.93. The monoisotopic (exact) mass is 416 g/mol. The molecule has 0 aliphatic rings. The van der Waals surface area contributed by atoms with Gasteiger partial charge in [0.05, 0.1) is 43.4 Å². The van der Waals surface area contributed by atoms with Gasteiger partial charge in [-0.2, -0.15) is 5.26 Å². The fourth-order valence-corrected chi connectivity index (χ4v) is 3.63. The summed E-state index contributed by atoms with van der Waals surface area (Å²) < 4.78 is 1.66. The first kappa shape index (κ1) is 22.9. The number of thioether (sulfide) groups is 1. The summed E-state index contributed by atoms with van der Waals surface area (Å²) in [5, 5.41) is 13.3. The van der Waals surface area contributed by atoms with E-state index >= 15 is 0 Å². The van der Waals surface area contributed by atoms with Crippen molar-refractivity contribution in [1.29, 1.82) is 5.26 Å². The lowest BCUT2D eigenvalue weighted by atomic mass is 9.90. The molecule has 0 saturated heterocycles. The quantitative estimate of drug-likeness (QED) is 0.471. The Kier molecular flexibility index (Phi) is 7.82. The zero-order valence-corrected chi connectivity index (χ0v) is 18.6. The highest BCUT2D eigenvalue weighted by Crippen LogP contribution is 2.20. The molecule has 7 nitrogen and oxygen atoms in total. The number of nitriles is 1. The Morgan fingerprint density at radius 1 is 1.38 bits per heavy atom. The molecule has 1 amide bonds. The topological polar surface area (TPSA) is 92.2 Å². The number of fused-ring (bicyclic) bond motifs is 1. The molecule has 1 aromatic carbocycles. The maximum Gasteiger partial charge on any atom is 0.262 e. The van der Waals surface area contributed by atoms with Crippen LogP contribution in [0.25, 0.3) is 10.9 Å². The predicted octanol–water partition coefficient (Wildman–Crippen LogP) is 1.08. The fourth-order valence-electron chi connectivity index (χ4n) is 2.80. The van der Waals surface area contributed by atoms with Crippen molar-refractivity contribution < 1.29 is 9.69 Å². The SMILES string of the molecule is CC(C)[C@@](C)(C#N)NC(=O)CSc1nc2ccccc2c(=O)n1CCC[NH+](C)C. The molecule has 0 bridgehead atoms. The third-order valence-corrected chi connectivity index (χ3v) is 5.98. The third kappa shape index (κ3) is 5.81. The molecule has 0 fully saturated rings. The van der Waals surface area contributed by atoms with Crippen LogP contribution in [0.3, 0.4) is 0 Å². The molecule has 0 unspecified atom stereocenters. The van der Waals surface area contributed by atoms with Gasteiger partial charge < -0.3 is 10.2 Å². The number of nitrogens with zero attached hydrogens (tertiary/aromatic N) is 3. The minimum atomic E-state index is -0.928. The number of benzene rings is 1. The van der Waals surface area contributed by atoms with Gasteiger partial charge in [-0.1, -0.05) is 37.7 Å². The molecule has 2 N–H and O–H groups in total. The number of hydrogen-bond acceptors (Lipinski definition) is 5. The van der Waals surface area contributed by atoms with E-state index < -0.39 is 5.54 Å². The zero-order valence-electron chi connectivity index (χ0n) is 17.8. The Balaban J connectivity index is 2.25. The number of carbonyl (C=O) groups is 1. The van der Waals surface area contributed by atoms with Gasteiger partial charge in [0.2, 0.25) is 5.91 Å². The number of carbonyl (C=O) groups excluding carboxylic acids is 1. The van der Waals surface area contributed by atoms with E-state index in [1.54, 1.807) is 23.6 Å². The average molecular weight is 417 g/mol. The predicted molar refractivity (Wildman–Crippen MR) is 116 cm³/mol. The second kappa shape index (κ2) is 9.90. The van der Waals surface area contributed by atoms with E-state index in [4.69, 9.17) is 0 Å². The summed E-state index contributed by atoms with van der Waals surface area (Å²) in [5.41, 5.74) is -0.391. The van der Waals surface area contributed by atoms with E-state index in [9.17, 15) is 14.9 Å². The van der Waals surface area contributed by atoms with Gasteiger partial charge in [0.25, 0.3) is 5.56 Å². The van der Waals surface area contributed by atoms with Gasteiger partial charge in [0.1, 0.15) is 5.54 Å². The number of nitrogens with one attached hydrogen (secondary N) is 2. The van der Waals surface area contributed by atoms with Gasteiger partial charge in [-0.05, 0) is 25.0 Å². The van der Waals surface area contributed by atoms with Crippen molar-refractivity contribution in [3.63, 3.8) is 0 Å². The smallest absolute Gasteiger partial charge is 0.262 e. The standard InChI is InChI=1S/C21H29N5O2S/c1-15(2)21(3,14-22)24-18(27)13-29-20-23-17-10-7-6-9-16(17)19(28)26(20)12-8-11-25(4)5/h6-7,9-10,15H,8,11-13H2,1-5H3,(H,24,27)/p+1/t21-/m1/s1. The summed E-state index contributed by atoms with van der Waals surface area (Å²) in [6, 6.07) is 9.43. The van der Waals surface area contributed by atoms with Crippen molar-refractivity contribution >= 4 is 28.6 Å². The van der Waals surface area contributed by atoms with Crippen molar-refractivity contribution in [2.45, 2.75) is 44.4 Å². The molecule has 0 aliphatic heterocycles. The number of rotatable bonds is 9. The van der Waals surface area contributed by atoms with Crippen LogP contribution < -0.4 is 15.8 Å². The summed E-state index contributed by atoms with van der Waals surface area (Å²) >= 11 is 1.23. The second-order valence-electron chi connectivity index (χ2n) is 7.98. The van der Waals surface area contributed by atoms with Crippen LogP contribution in [0.15, 0.2) is 34.2 Å². The van der Waals surface area contributed by atoms with E-state index in [2.05, 4.69) is 30.5 Å². The molecular weight excluding hydrogens is 386 g/mol. The lowest BCUT2D eigenvalue weighted by Crippen LogP contribution is -3.05. The van der Waals surface area contributed by atoms with E-state index in [0.29, 0.717) is 22.6 Å². The van der Waals surface area contributed by atoms with E-state index in [1.807, 2.05) is 26.0 Å². The molecule has 1 aromatic heterocycles. The molecule has 0 radical (unpaired) electrons. The number of aromatic nitrogens is 2. The molecule has 0 spiro atoms. The van der Waals surface area contributed by atoms with Gasteiger partial charge in [-0.3, -0.25) is 14.2 Å². The molecule has 2 rings (SSSR count). The Morgan fingerprint density at radius 2 is 2.07 bits per heavy atom. The van der Waals surface area contributed by atoms with Crippen molar-refractivity contribution in [1.82, 2.24) is 14.9 Å². The first-order chi connectivity index (χ1) is 13.7. The summed E-state index contributed by atoms with van der Waals surface area (Å²) in [6.07, 6.45) is 0.835. The summed E-state index contributed by atoms with van der Waals surface area (Å²) in [4.78, 5) is 31.4. The van der Waals surface area contributed by atoms with Gasteiger partial charge in [0, 0.05) is 13.0 Å². The van der Waals surface area contributed by atoms with Crippen LogP contribution in [-0.2, 0) is 11.3 Å². The maximum atomic E-state index is 13.0. The molecular formula is C21H30N5O2S+. The molecule has 29 heavy (non-hydrogen) atoms. The first-order valence-corrected chi connectivity index (χ1v) is 10.8. The maximum absolute atomic E-state index is 13.0. The number of quaternary nitrogens is 1. The van der Waals surface area contributed by atoms with Gasteiger partial charge >= 0.3 is 0 Å². The highest BCUT2D eigenvalue weighted by Gasteiger charge is 2.30. The first-order valence-electron chi connectivity index (χ1n) is 9.81. The van der Waals surface area contributed by atoms with Gasteiger partial charge in [-0.15, -0.1) is 0 Å². The Labute approximate surface area is 176 Å². The van der Waals surface area contributed by atoms with Crippen molar-refractivity contribution in [2.24, 2.45) is 5.92 Å². The van der Waals surface area contributed by atoms with Gasteiger partial charge in [-0.25, -0.2) is 4.98 Å². The van der Waals surface area contributed by atoms with Crippen LogP contribution in [-0.4, -0.2) is 47.4 Å². The Morgan fingerprint density at radius 3 is 2.69 bits per heavy atom. The molecule has 1 heterocycles. The number of hydrogen-bond donors (Lipinski definition) is 2. The summed E-state index contributed by atoms with van der Waals surface area (Å²) in [5.74, 6) is -0.181. The highest BCUT2D eigenvalue weighted by atomic mass is 32.2. The zero-order chi connectivity index (χ0) is 21.6. The van der Waals surface area contributed by atoms with Gasteiger partial charge in [0.15, 0.2) is 5.16 Å². The average Bonchev–Trinajstić information content (AvgIpc) is 2.67. The molecule has 2 aromatic rings. The van der Waals surface area contributed by atoms with Crippen LogP contribution >= 0.6 is 11.8 Å². The van der Waals surface area contributed by atoms with E-state index in [-0.39, 0.29) is 23.1 Å². The van der Waals surface area contributed by atoms with Crippen molar-refractivity contribution in [3.8, 4) is 6.07 Å². The largest absolute Gasteiger partial charge is 0.340 e. The molecule has 8 heteroatoms. The molecule has 0 aliphatic carbocycles. The number of para-hydroxylation sites is 1. The summed E-state index contributed by atoms with van der Waals surface area (Å²) in [7, 11) is 4.14. The van der Waals surface area contributed by atoms with Crippen LogP contribution in [0.1, 0.15) is 27.2 Å². The normalized spacial score (nSPS) is 13.4. The Hall–Kier alpha value is -2.37. The minimum Gasteiger partial charge on any atom is -0.340 e. The van der Waals surface area contributed by atoms with Crippen LogP contribution in [0, 0.1) is 17.2 Å². The van der Waals surface area contributed by atoms with Crippen molar-refractivity contribution in [2.75, 3.05) is 26.4 Å². The number of amides is 1.